The van der Waals surface area contributed by atoms with E-state index in [0.717, 1.165) is 32.0 Å². The largest absolute Gasteiger partial charge is 0.476 e. The lowest BCUT2D eigenvalue weighted by molar-refractivity contribution is -0.123. The number of hydrogen-bond acceptors (Lipinski definition) is 6. The van der Waals surface area contributed by atoms with Crippen molar-refractivity contribution in [1.82, 2.24) is 9.88 Å². The molecule has 29 heavy (non-hydrogen) atoms. The fourth-order valence-corrected chi connectivity index (χ4v) is 3.57. The molecule has 2 aliphatic heterocycles. The maximum absolute atomic E-state index is 12.8. The van der Waals surface area contributed by atoms with Gasteiger partial charge in [0.1, 0.15) is 11.6 Å². The highest BCUT2D eigenvalue weighted by Gasteiger charge is 2.32. The Balaban J connectivity index is 1.42. The van der Waals surface area contributed by atoms with Crippen molar-refractivity contribution in [2.45, 2.75) is 13.0 Å². The molecule has 8 heteroatoms. The Labute approximate surface area is 170 Å². The van der Waals surface area contributed by atoms with Gasteiger partial charge in [0, 0.05) is 33.1 Å². The summed E-state index contributed by atoms with van der Waals surface area (Å²) in [7, 11) is 2.11. The van der Waals surface area contributed by atoms with Gasteiger partial charge in [0.15, 0.2) is 6.10 Å². The number of hydrogen-bond donors (Lipinski definition) is 1. The molecule has 1 aromatic heterocycles. The summed E-state index contributed by atoms with van der Waals surface area (Å²) in [5.74, 6) is 0.996. The third-order valence-corrected chi connectivity index (χ3v) is 5.29. The first-order valence-corrected chi connectivity index (χ1v) is 9.75. The van der Waals surface area contributed by atoms with E-state index in [9.17, 15) is 9.59 Å². The van der Waals surface area contributed by atoms with Crippen LogP contribution in [0, 0.1) is 0 Å². The number of para-hydroxylation sites is 2. The molecule has 2 aromatic rings. The van der Waals surface area contributed by atoms with Gasteiger partial charge in [-0.05, 0) is 31.3 Å². The smallest absolute Gasteiger partial charge is 0.267 e. The lowest BCUT2D eigenvalue weighted by Crippen LogP contribution is -2.48. The highest BCUT2D eigenvalue weighted by atomic mass is 16.5. The van der Waals surface area contributed by atoms with Gasteiger partial charge in [0.2, 0.25) is 5.91 Å². The van der Waals surface area contributed by atoms with Gasteiger partial charge in [-0.2, -0.15) is 0 Å². The maximum atomic E-state index is 12.8. The number of rotatable bonds is 3. The van der Waals surface area contributed by atoms with Gasteiger partial charge in [0.05, 0.1) is 24.1 Å². The van der Waals surface area contributed by atoms with Crippen molar-refractivity contribution in [3.63, 3.8) is 0 Å². The molecule has 0 radical (unpaired) electrons. The summed E-state index contributed by atoms with van der Waals surface area (Å²) in [6, 6.07) is 11.0. The third kappa shape index (κ3) is 4.17. The molecule has 0 aliphatic carbocycles. The molecular formula is C21H25N5O3. The van der Waals surface area contributed by atoms with Crippen molar-refractivity contribution in [2.24, 2.45) is 0 Å². The van der Waals surface area contributed by atoms with Crippen LogP contribution in [-0.2, 0) is 9.59 Å². The summed E-state index contributed by atoms with van der Waals surface area (Å²) in [5, 5.41) is 2.85. The van der Waals surface area contributed by atoms with Crippen LogP contribution >= 0.6 is 0 Å². The number of benzene rings is 1. The number of likely N-dealkylation sites (N-methyl/N-ethyl adjacent to an activating group) is 1. The van der Waals surface area contributed by atoms with Gasteiger partial charge in [-0.1, -0.05) is 12.1 Å². The molecule has 1 saturated heterocycles. The molecule has 2 amide bonds. The molecule has 152 valence electrons. The minimum Gasteiger partial charge on any atom is -0.476 e. The van der Waals surface area contributed by atoms with Gasteiger partial charge >= 0.3 is 0 Å². The van der Waals surface area contributed by atoms with Crippen LogP contribution in [0.25, 0.3) is 0 Å². The summed E-state index contributed by atoms with van der Waals surface area (Å²) >= 11 is 0. The highest BCUT2D eigenvalue weighted by Crippen LogP contribution is 2.33. The molecule has 1 fully saturated rings. The average Bonchev–Trinajstić information content (AvgIpc) is 2.74. The van der Waals surface area contributed by atoms with E-state index in [1.807, 2.05) is 30.3 Å². The molecule has 3 heterocycles. The topological polar surface area (TPSA) is 78.0 Å². The molecule has 1 aromatic carbocycles. The lowest BCUT2D eigenvalue weighted by atomic mass is 10.1. The van der Waals surface area contributed by atoms with E-state index in [4.69, 9.17) is 4.74 Å². The fourth-order valence-electron chi connectivity index (χ4n) is 3.57. The summed E-state index contributed by atoms with van der Waals surface area (Å²) in [5.41, 5.74) is 1.28. The molecule has 1 unspecified atom stereocenters. The number of carbonyl (C=O) groups is 2. The van der Waals surface area contributed by atoms with E-state index in [-0.39, 0.29) is 18.4 Å². The summed E-state index contributed by atoms with van der Waals surface area (Å²) < 4.78 is 5.84. The Morgan fingerprint density at radius 1 is 1.10 bits per heavy atom. The number of pyridine rings is 1. The molecule has 1 atom stereocenters. The zero-order valence-electron chi connectivity index (χ0n) is 16.7. The fraction of sp³-hybridized carbons (Fsp3) is 0.381. The van der Waals surface area contributed by atoms with Gasteiger partial charge in [0.25, 0.3) is 5.91 Å². The number of piperazine rings is 1. The number of anilines is 3. The first kappa shape index (κ1) is 19.2. The SMILES string of the molecule is CC(=O)N1CC(C(=O)Nc2ccc(N3CCN(C)CC3)nc2)Oc2ccccc21. The zero-order valence-corrected chi connectivity index (χ0v) is 16.7. The van der Waals surface area contributed by atoms with E-state index >= 15 is 0 Å². The van der Waals surface area contributed by atoms with Crippen molar-refractivity contribution in [1.29, 1.82) is 0 Å². The number of amides is 2. The Bertz CT molecular complexity index is 893. The predicted molar refractivity (Wildman–Crippen MR) is 111 cm³/mol. The maximum Gasteiger partial charge on any atom is 0.267 e. The summed E-state index contributed by atoms with van der Waals surface area (Å²) in [6.45, 7) is 5.54. The van der Waals surface area contributed by atoms with Crippen molar-refractivity contribution < 1.29 is 14.3 Å². The number of carbonyl (C=O) groups excluding carboxylic acids is 2. The van der Waals surface area contributed by atoms with Gasteiger partial charge < -0.3 is 24.8 Å². The molecule has 0 bridgehead atoms. The van der Waals surface area contributed by atoms with E-state index in [2.05, 4.69) is 27.1 Å². The molecule has 4 rings (SSSR count). The molecule has 8 nitrogen and oxygen atoms in total. The molecule has 1 N–H and O–H groups in total. The zero-order chi connectivity index (χ0) is 20.4. The van der Waals surface area contributed by atoms with Crippen LogP contribution in [0.4, 0.5) is 17.2 Å². The van der Waals surface area contributed by atoms with Crippen molar-refractivity contribution in [3.05, 3.63) is 42.6 Å². The number of ether oxygens (including phenoxy) is 1. The number of nitrogens with zero attached hydrogens (tertiary/aromatic N) is 4. The second-order valence-electron chi connectivity index (χ2n) is 7.39. The van der Waals surface area contributed by atoms with Gasteiger partial charge in [-0.3, -0.25) is 9.59 Å². The quantitative estimate of drug-likeness (QED) is 0.850. The van der Waals surface area contributed by atoms with E-state index < -0.39 is 6.10 Å². The Hall–Kier alpha value is -3.13. The molecule has 0 saturated carbocycles. The predicted octanol–water partition coefficient (Wildman–Crippen LogP) is 1.59. The number of fused-ring (bicyclic) bond motifs is 1. The van der Waals surface area contributed by atoms with E-state index in [1.54, 1.807) is 17.2 Å². The van der Waals surface area contributed by atoms with Crippen molar-refractivity contribution in [2.75, 3.05) is 54.9 Å². The molecule has 0 spiro atoms. The average molecular weight is 395 g/mol. The second-order valence-corrected chi connectivity index (χ2v) is 7.39. The van der Waals surface area contributed by atoms with E-state index in [0.29, 0.717) is 17.1 Å². The number of aromatic nitrogens is 1. The summed E-state index contributed by atoms with van der Waals surface area (Å²) in [4.78, 5) is 35.3. The number of nitrogens with one attached hydrogen (secondary N) is 1. The highest BCUT2D eigenvalue weighted by molar-refractivity contribution is 5.99. The van der Waals surface area contributed by atoms with Crippen molar-refractivity contribution in [3.8, 4) is 5.75 Å². The van der Waals surface area contributed by atoms with E-state index in [1.165, 1.54) is 6.92 Å². The van der Waals surface area contributed by atoms with Crippen LogP contribution in [0.15, 0.2) is 42.6 Å². The first-order valence-electron chi connectivity index (χ1n) is 9.75. The third-order valence-electron chi connectivity index (χ3n) is 5.29. The Morgan fingerprint density at radius 3 is 2.55 bits per heavy atom. The lowest BCUT2D eigenvalue weighted by Gasteiger charge is -2.34. The standard InChI is InChI=1S/C21H25N5O3/c1-15(27)26-14-19(29-18-6-4-3-5-17(18)26)21(28)23-16-7-8-20(22-13-16)25-11-9-24(2)10-12-25/h3-8,13,19H,9-12,14H2,1-2H3,(H,23,28). The second kappa shape index (κ2) is 8.08. The monoisotopic (exact) mass is 395 g/mol. The Morgan fingerprint density at radius 2 is 1.86 bits per heavy atom. The minimum absolute atomic E-state index is 0.128. The molecular weight excluding hydrogens is 370 g/mol. The Kier molecular flexibility index (Phi) is 5.35. The van der Waals surface area contributed by atoms with Gasteiger partial charge in [-0.25, -0.2) is 4.98 Å². The van der Waals surface area contributed by atoms with Crippen molar-refractivity contribution >= 4 is 29.0 Å². The van der Waals surface area contributed by atoms with Crippen LogP contribution in [0.3, 0.4) is 0 Å². The normalized spacial score (nSPS) is 19.3. The summed E-state index contributed by atoms with van der Waals surface area (Å²) in [6.07, 6.45) is 0.872. The van der Waals surface area contributed by atoms with Gasteiger partial charge in [-0.15, -0.1) is 0 Å². The van der Waals surface area contributed by atoms with Crippen LogP contribution in [-0.4, -0.2) is 67.6 Å². The van der Waals surface area contributed by atoms with Crippen LogP contribution in [0.5, 0.6) is 5.75 Å². The minimum atomic E-state index is -0.786. The van der Waals surface area contributed by atoms with Crippen LogP contribution < -0.4 is 19.9 Å². The first-order chi connectivity index (χ1) is 14.0. The van der Waals surface area contributed by atoms with Crippen LogP contribution in [0.1, 0.15) is 6.92 Å². The van der Waals surface area contributed by atoms with Crippen LogP contribution in [0.2, 0.25) is 0 Å². The molecule has 2 aliphatic rings.